The van der Waals surface area contributed by atoms with Crippen LogP contribution in [0.1, 0.15) is 68.2 Å². The number of halogens is 3. The van der Waals surface area contributed by atoms with Gasteiger partial charge in [0.1, 0.15) is 23.5 Å². The van der Waals surface area contributed by atoms with E-state index >= 15 is 8.78 Å². The van der Waals surface area contributed by atoms with Crippen LogP contribution in [-0.2, 0) is 11.2 Å². The first-order chi connectivity index (χ1) is 19.2. The van der Waals surface area contributed by atoms with E-state index in [1.165, 1.54) is 28.8 Å². The van der Waals surface area contributed by atoms with Crippen molar-refractivity contribution in [2.75, 3.05) is 26.3 Å². The summed E-state index contributed by atoms with van der Waals surface area (Å²) in [6.45, 7) is 3.85. The molecule has 1 unspecified atom stereocenters. The largest absolute Gasteiger partial charge is 0.489 e. The number of primary amides is 1. The van der Waals surface area contributed by atoms with Gasteiger partial charge in [-0.1, -0.05) is 24.3 Å². The molecule has 212 valence electrons. The van der Waals surface area contributed by atoms with Crippen LogP contribution in [0.3, 0.4) is 0 Å². The predicted octanol–water partition coefficient (Wildman–Crippen LogP) is 5.33. The van der Waals surface area contributed by atoms with Crippen molar-refractivity contribution in [3.8, 4) is 5.75 Å². The van der Waals surface area contributed by atoms with Gasteiger partial charge in [0.25, 0.3) is 0 Å². The predicted molar refractivity (Wildman–Crippen MR) is 146 cm³/mol. The van der Waals surface area contributed by atoms with Gasteiger partial charge in [-0.15, -0.1) is 0 Å². The van der Waals surface area contributed by atoms with E-state index in [0.29, 0.717) is 45.2 Å². The SMILES string of the molecule is C[C@H]1CC2=C(Cc3ccccc32)[C@H](c2c(F)cc(OC3CCN(CCCF)C3)cc2F)N1C12CC(C(N)=O)(C1)C2. The highest BCUT2D eigenvalue weighted by molar-refractivity contribution is 5.86. The number of hydrogen-bond acceptors (Lipinski definition) is 4. The number of carbonyl (C=O) groups excluding carboxylic acids is 1. The van der Waals surface area contributed by atoms with Crippen molar-refractivity contribution in [1.29, 1.82) is 0 Å². The molecule has 1 amide bonds. The third kappa shape index (κ3) is 3.86. The van der Waals surface area contributed by atoms with E-state index in [1.54, 1.807) is 0 Å². The molecule has 2 aromatic carbocycles. The van der Waals surface area contributed by atoms with Gasteiger partial charge < -0.3 is 10.5 Å². The molecule has 0 spiro atoms. The van der Waals surface area contributed by atoms with Crippen LogP contribution < -0.4 is 10.5 Å². The lowest BCUT2D eigenvalue weighted by molar-refractivity contribution is -0.232. The third-order valence-electron chi connectivity index (χ3n) is 10.2. The second-order valence-corrected chi connectivity index (χ2v) is 12.8. The van der Waals surface area contributed by atoms with Crippen molar-refractivity contribution < 1.29 is 22.7 Å². The fourth-order valence-electron chi connectivity index (χ4n) is 8.56. The van der Waals surface area contributed by atoms with Gasteiger partial charge in [-0.25, -0.2) is 8.78 Å². The minimum Gasteiger partial charge on any atom is -0.489 e. The van der Waals surface area contributed by atoms with Crippen molar-refractivity contribution >= 4 is 11.5 Å². The third-order valence-corrected chi connectivity index (χ3v) is 10.2. The minimum absolute atomic E-state index is 0.0459. The molecule has 2 heterocycles. The van der Waals surface area contributed by atoms with Gasteiger partial charge in [0, 0.05) is 48.9 Å². The second kappa shape index (κ2) is 9.35. The Labute approximate surface area is 233 Å². The zero-order valence-electron chi connectivity index (χ0n) is 22.9. The number of likely N-dealkylation sites (tertiary alicyclic amines) is 1. The van der Waals surface area contributed by atoms with Gasteiger partial charge in [0.15, 0.2) is 0 Å². The average Bonchev–Trinajstić information content (AvgIpc) is 3.46. The molecular formula is C32H36F3N3O2. The van der Waals surface area contributed by atoms with E-state index in [-0.39, 0.29) is 41.6 Å². The number of hydrogen-bond donors (Lipinski definition) is 1. The Morgan fingerprint density at radius 3 is 2.58 bits per heavy atom. The Balaban J connectivity index is 1.23. The van der Waals surface area contributed by atoms with Crippen LogP contribution >= 0.6 is 0 Å². The van der Waals surface area contributed by atoms with Crippen LogP contribution in [0.2, 0.25) is 0 Å². The molecule has 4 fully saturated rings. The van der Waals surface area contributed by atoms with Crippen LogP contribution in [0.25, 0.3) is 5.57 Å². The van der Waals surface area contributed by atoms with E-state index in [1.807, 2.05) is 12.1 Å². The number of rotatable bonds is 8. The monoisotopic (exact) mass is 551 g/mol. The summed E-state index contributed by atoms with van der Waals surface area (Å²) in [5, 5.41) is 0. The molecule has 1 saturated heterocycles. The first kappa shape index (κ1) is 26.1. The molecule has 8 rings (SSSR count). The molecule has 2 aliphatic heterocycles. The minimum atomic E-state index is -0.606. The summed E-state index contributed by atoms with van der Waals surface area (Å²) in [5.74, 6) is -1.29. The molecule has 2 N–H and O–H groups in total. The Bertz CT molecular complexity index is 1360. The molecule has 8 heteroatoms. The van der Waals surface area contributed by atoms with Gasteiger partial charge in [-0.3, -0.25) is 19.0 Å². The number of benzene rings is 2. The fraction of sp³-hybridized carbons (Fsp3) is 0.531. The van der Waals surface area contributed by atoms with E-state index < -0.39 is 23.1 Å². The van der Waals surface area contributed by atoms with E-state index in [9.17, 15) is 9.18 Å². The molecule has 0 aromatic heterocycles. The Hall–Kier alpha value is -2.84. The zero-order chi connectivity index (χ0) is 27.8. The summed E-state index contributed by atoms with van der Waals surface area (Å²) < 4.78 is 50.9. The number of carbonyl (C=O) groups is 1. The van der Waals surface area contributed by atoms with Crippen molar-refractivity contribution in [2.24, 2.45) is 11.1 Å². The molecule has 4 aliphatic carbocycles. The maximum Gasteiger partial charge on any atom is 0.223 e. The Morgan fingerprint density at radius 2 is 1.88 bits per heavy atom. The standard InChI is InChI=1S/C32H36F3N3O2/c1-19-11-24-23-6-3-2-5-20(23)12-25(24)29(38(19)32-16-31(17-32,18-32)30(36)39)28-26(34)13-22(14-27(28)35)40-21-7-10-37(15-21)9-4-8-33/h2-3,5-6,13-14,19,21,29H,4,7-12,15-18H2,1H3,(H2,36,39)/t19-,21?,29+,31?,32?/m0/s1. The van der Waals surface area contributed by atoms with Crippen LogP contribution in [0.5, 0.6) is 5.75 Å². The van der Waals surface area contributed by atoms with Crippen LogP contribution in [0.15, 0.2) is 42.0 Å². The second-order valence-electron chi connectivity index (χ2n) is 12.8. The summed E-state index contributed by atoms with van der Waals surface area (Å²) in [7, 11) is 0. The summed E-state index contributed by atoms with van der Waals surface area (Å²) in [4.78, 5) is 16.6. The lowest BCUT2D eigenvalue weighted by atomic mass is 9.38. The van der Waals surface area contributed by atoms with Gasteiger partial charge in [0.2, 0.25) is 5.91 Å². The molecule has 0 radical (unpaired) electrons. The molecule has 3 saturated carbocycles. The Kier molecular flexibility index (Phi) is 6.09. The van der Waals surface area contributed by atoms with Crippen LogP contribution in [-0.4, -0.2) is 59.7 Å². The number of nitrogens with two attached hydrogens (primary N) is 1. The normalized spacial score (nSPS) is 32.9. The lowest BCUT2D eigenvalue weighted by Crippen LogP contribution is -2.79. The van der Waals surface area contributed by atoms with Gasteiger partial charge >= 0.3 is 0 Å². The van der Waals surface area contributed by atoms with Crippen molar-refractivity contribution in [3.63, 3.8) is 0 Å². The number of nitrogens with zero attached hydrogens (tertiary/aromatic N) is 2. The summed E-state index contributed by atoms with van der Waals surface area (Å²) in [5.41, 5.74) is 9.68. The van der Waals surface area contributed by atoms with E-state index in [0.717, 1.165) is 25.0 Å². The quantitative estimate of drug-likeness (QED) is 0.482. The summed E-state index contributed by atoms with van der Waals surface area (Å²) >= 11 is 0. The topological polar surface area (TPSA) is 58.8 Å². The van der Waals surface area contributed by atoms with Crippen molar-refractivity contribution in [1.82, 2.24) is 9.80 Å². The van der Waals surface area contributed by atoms with E-state index in [2.05, 4.69) is 28.9 Å². The smallest absolute Gasteiger partial charge is 0.223 e. The summed E-state index contributed by atoms with van der Waals surface area (Å²) in [6, 6.07) is 10.4. The summed E-state index contributed by atoms with van der Waals surface area (Å²) in [6.07, 6.45) is 4.45. The number of ether oxygens (including phenoxy) is 1. The van der Waals surface area contributed by atoms with Gasteiger partial charge in [-0.05, 0) is 74.1 Å². The van der Waals surface area contributed by atoms with Crippen LogP contribution in [0, 0.1) is 17.0 Å². The lowest BCUT2D eigenvalue weighted by Gasteiger charge is -2.75. The molecule has 5 nitrogen and oxygen atoms in total. The highest BCUT2D eigenvalue weighted by Gasteiger charge is 2.74. The van der Waals surface area contributed by atoms with Crippen molar-refractivity contribution in [2.45, 2.75) is 75.6 Å². The first-order valence-corrected chi connectivity index (χ1v) is 14.6. The highest BCUT2D eigenvalue weighted by Crippen LogP contribution is 2.72. The first-order valence-electron chi connectivity index (χ1n) is 14.6. The van der Waals surface area contributed by atoms with Crippen molar-refractivity contribution in [3.05, 3.63) is 70.3 Å². The zero-order valence-corrected chi connectivity index (χ0v) is 22.9. The maximum atomic E-state index is 16.1. The number of fused-ring (bicyclic) bond motifs is 2. The molecular weight excluding hydrogens is 515 g/mol. The molecule has 2 aromatic rings. The van der Waals surface area contributed by atoms with Gasteiger partial charge in [0.05, 0.1) is 18.1 Å². The Morgan fingerprint density at radius 1 is 1.15 bits per heavy atom. The molecule has 6 aliphatic rings. The average molecular weight is 552 g/mol. The molecule has 40 heavy (non-hydrogen) atoms. The van der Waals surface area contributed by atoms with Crippen LogP contribution in [0.4, 0.5) is 13.2 Å². The van der Waals surface area contributed by atoms with Gasteiger partial charge in [-0.2, -0.15) is 0 Å². The molecule has 2 bridgehead atoms. The maximum absolute atomic E-state index is 16.1. The molecule has 3 atom stereocenters. The highest BCUT2D eigenvalue weighted by atomic mass is 19.1. The fourth-order valence-corrected chi connectivity index (χ4v) is 8.56. The number of amides is 1. The van der Waals surface area contributed by atoms with E-state index in [4.69, 9.17) is 10.5 Å². The number of alkyl halides is 1.